The van der Waals surface area contributed by atoms with Crippen LogP contribution in [0, 0.1) is 25.2 Å². The van der Waals surface area contributed by atoms with Gasteiger partial charge in [0.1, 0.15) is 11.5 Å². The van der Waals surface area contributed by atoms with E-state index in [-0.39, 0.29) is 0 Å². The maximum atomic E-state index is 8.97. The van der Waals surface area contributed by atoms with Gasteiger partial charge in [-0.1, -0.05) is 15.9 Å². The predicted octanol–water partition coefficient (Wildman–Crippen LogP) is 5.47. The van der Waals surface area contributed by atoms with Gasteiger partial charge in [-0.15, -0.1) is 11.6 Å². The monoisotopic (exact) mass is 349 g/mol. The van der Waals surface area contributed by atoms with E-state index < -0.39 is 0 Å². The van der Waals surface area contributed by atoms with Crippen LogP contribution in [0.1, 0.15) is 22.3 Å². The first-order valence-electron chi connectivity index (χ1n) is 6.08. The van der Waals surface area contributed by atoms with Gasteiger partial charge >= 0.3 is 0 Å². The molecule has 0 bridgehead atoms. The highest BCUT2D eigenvalue weighted by Crippen LogP contribution is 2.33. The summed E-state index contributed by atoms with van der Waals surface area (Å²) in [6.07, 6.45) is 0. The van der Waals surface area contributed by atoms with E-state index >= 15 is 0 Å². The number of nitriles is 1. The van der Waals surface area contributed by atoms with Gasteiger partial charge in [0, 0.05) is 10.0 Å². The Morgan fingerprint density at radius 2 is 1.85 bits per heavy atom. The van der Waals surface area contributed by atoms with E-state index in [1.165, 1.54) is 0 Å². The van der Waals surface area contributed by atoms with Crippen molar-refractivity contribution in [1.29, 1.82) is 5.26 Å². The molecule has 2 nitrogen and oxygen atoms in total. The predicted molar refractivity (Wildman–Crippen MR) is 84.4 cm³/mol. The molecule has 4 heteroatoms. The van der Waals surface area contributed by atoms with Gasteiger partial charge < -0.3 is 4.74 Å². The van der Waals surface area contributed by atoms with E-state index in [9.17, 15) is 0 Å². The fourth-order valence-electron chi connectivity index (χ4n) is 2.04. The fraction of sp³-hybridized carbons (Fsp3) is 0.188. The van der Waals surface area contributed by atoms with E-state index in [4.69, 9.17) is 21.6 Å². The van der Waals surface area contributed by atoms with Crippen LogP contribution in [0.4, 0.5) is 0 Å². The van der Waals surface area contributed by atoms with E-state index in [1.807, 2.05) is 44.2 Å². The molecule has 2 aromatic carbocycles. The van der Waals surface area contributed by atoms with Crippen LogP contribution in [-0.4, -0.2) is 0 Å². The molecule has 0 unspecified atom stereocenters. The first-order chi connectivity index (χ1) is 9.55. The molecule has 0 N–H and O–H groups in total. The highest BCUT2D eigenvalue weighted by molar-refractivity contribution is 9.10. The molecule has 0 heterocycles. The Kier molecular flexibility index (Phi) is 4.69. The number of hydrogen-bond donors (Lipinski definition) is 0. The molecule has 0 fully saturated rings. The maximum Gasteiger partial charge on any atom is 0.133 e. The van der Waals surface area contributed by atoms with Crippen molar-refractivity contribution in [1.82, 2.24) is 0 Å². The number of alkyl halides is 1. The summed E-state index contributed by atoms with van der Waals surface area (Å²) in [6, 6.07) is 11.5. The van der Waals surface area contributed by atoms with E-state index in [2.05, 4.69) is 22.0 Å². The number of rotatable bonds is 3. The normalized spacial score (nSPS) is 10.2. The van der Waals surface area contributed by atoms with Crippen LogP contribution in [0.25, 0.3) is 0 Å². The molecule has 0 aliphatic heterocycles. The zero-order valence-corrected chi connectivity index (χ0v) is 13.5. The number of nitrogens with zero attached hydrogens (tertiary/aromatic N) is 1. The summed E-state index contributed by atoms with van der Waals surface area (Å²) in [5.41, 5.74) is 3.43. The Labute approximate surface area is 132 Å². The number of ether oxygens (including phenoxy) is 1. The average Bonchev–Trinajstić information content (AvgIpc) is 2.43. The lowest BCUT2D eigenvalue weighted by molar-refractivity contribution is 0.471. The summed E-state index contributed by atoms with van der Waals surface area (Å²) in [6.45, 7) is 3.87. The van der Waals surface area contributed by atoms with Gasteiger partial charge in [0.25, 0.3) is 0 Å². The van der Waals surface area contributed by atoms with Crippen LogP contribution >= 0.6 is 27.5 Å². The number of halogens is 2. The summed E-state index contributed by atoms with van der Waals surface area (Å²) in [4.78, 5) is 0. The van der Waals surface area contributed by atoms with Gasteiger partial charge in [0.15, 0.2) is 0 Å². The minimum Gasteiger partial charge on any atom is -0.456 e. The molecule has 0 aromatic heterocycles. The second-order valence-corrected chi connectivity index (χ2v) is 5.72. The second-order valence-electron chi connectivity index (χ2n) is 4.54. The summed E-state index contributed by atoms with van der Waals surface area (Å²) in [5.74, 6) is 1.89. The van der Waals surface area contributed by atoms with Crippen LogP contribution in [-0.2, 0) is 5.88 Å². The lowest BCUT2D eigenvalue weighted by Crippen LogP contribution is -1.95. The zero-order chi connectivity index (χ0) is 14.7. The topological polar surface area (TPSA) is 33.0 Å². The van der Waals surface area contributed by atoms with Gasteiger partial charge in [0.05, 0.1) is 17.5 Å². The van der Waals surface area contributed by atoms with Crippen molar-refractivity contribution in [3.8, 4) is 17.6 Å². The molecule has 0 aliphatic carbocycles. The van der Waals surface area contributed by atoms with E-state index in [0.717, 1.165) is 32.7 Å². The maximum absolute atomic E-state index is 8.97. The minimum atomic E-state index is 0.378. The Morgan fingerprint density at radius 1 is 1.20 bits per heavy atom. The first kappa shape index (κ1) is 14.9. The van der Waals surface area contributed by atoms with Gasteiger partial charge in [-0.2, -0.15) is 5.26 Å². The van der Waals surface area contributed by atoms with Gasteiger partial charge in [-0.3, -0.25) is 0 Å². The second kappa shape index (κ2) is 6.30. The molecule has 0 aliphatic rings. The molecular weight excluding hydrogens is 338 g/mol. The fourth-order valence-corrected chi connectivity index (χ4v) is 2.66. The van der Waals surface area contributed by atoms with Crippen molar-refractivity contribution in [3.63, 3.8) is 0 Å². The molecule has 2 aromatic rings. The highest BCUT2D eigenvalue weighted by atomic mass is 79.9. The molecule has 102 valence electrons. The zero-order valence-electron chi connectivity index (χ0n) is 11.2. The quantitative estimate of drug-likeness (QED) is 0.688. The summed E-state index contributed by atoms with van der Waals surface area (Å²) >= 11 is 9.37. The van der Waals surface area contributed by atoms with Crippen molar-refractivity contribution in [3.05, 3.63) is 57.1 Å². The Morgan fingerprint density at radius 3 is 2.40 bits per heavy atom. The van der Waals surface area contributed by atoms with Crippen LogP contribution < -0.4 is 4.74 Å². The number of hydrogen-bond acceptors (Lipinski definition) is 2. The van der Waals surface area contributed by atoms with E-state index in [1.54, 1.807) is 0 Å². The van der Waals surface area contributed by atoms with Crippen LogP contribution in [0.3, 0.4) is 0 Å². The third-order valence-electron chi connectivity index (χ3n) is 2.97. The summed E-state index contributed by atoms with van der Waals surface area (Å²) in [5, 5.41) is 8.97. The van der Waals surface area contributed by atoms with Crippen LogP contribution in [0.5, 0.6) is 11.5 Å². The van der Waals surface area contributed by atoms with Gasteiger partial charge in [0.2, 0.25) is 0 Å². The highest BCUT2D eigenvalue weighted by Gasteiger charge is 2.10. The van der Waals surface area contributed by atoms with Crippen molar-refractivity contribution in [2.45, 2.75) is 19.7 Å². The van der Waals surface area contributed by atoms with Gasteiger partial charge in [-0.05, 0) is 55.3 Å². The lowest BCUT2D eigenvalue weighted by Gasteiger charge is -2.14. The minimum absolute atomic E-state index is 0.378. The molecule has 0 saturated heterocycles. The van der Waals surface area contributed by atoms with Crippen molar-refractivity contribution in [2.75, 3.05) is 0 Å². The molecule has 2 rings (SSSR count). The molecule has 0 amide bonds. The molecule has 0 radical (unpaired) electrons. The largest absolute Gasteiger partial charge is 0.456 e. The van der Waals surface area contributed by atoms with Crippen LogP contribution in [0.15, 0.2) is 34.8 Å². The standard InChI is InChI=1S/C16H13BrClNO/c1-10-5-12(9-19)6-11(2)16(10)20-15-4-3-14(17)7-13(15)8-18/h3-7H,8H2,1-2H3. The summed E-state index contributed by atoms with van der Waals surface area (Å²) in [7, 11) is 0. The van der Waals surface area contributed by atoms with Crippen molar-refractivity contribution < 1.29 is 4.74 Å². The number of aryl methyl sites for hydroxylation is 2. The smallest absolute Gasteiger partial charge is 0.133 e. The molecule has 20 heavy (non-hydrogen) atoms. The Balaban J connectivity index is 2.43. The molecule has 0 spiro atoms. The Bertz CT molecular complexity index is 668. The lowest BCUT2D eigenvalue weighted by atomic mass is 10.1. The summed E-state index contributed by atoms with van der Waals surface area (Å²) < 4.78 is 6.97. The molecular formula is C16H13BrClNO. The third kappa shape index (κ3) is 3.15. The molecule has 0 saturated carbocycles. The van der Waals surface area contributed by atoms with E-state index in [0.29, 0.717) is 11.4 Å². The number of benzene rings is 2. The molecule has 0 atom stereocenters. The van der Waals surface area contributed by atoms with Gasteiger partial charge in [-0.25, -0.2) is 0 Å². The van der Waals surface area contributed by atoms with Crippen LogP contribution in [0.2, 0.25) is 0 Å². The average molecular weight is 351 g/mol. The van der Waals surface area contributed by atoms with Crippen molar-refractivity contribution >= 4 is 27.5 Å². The SMILES string of the molecule is Cc1cc(C#N)cc(C)c1Oc1ccc(Br)cc1CCl. The first-order valence-corrected chi connectivity index (χ1v) is 7.41. The third-order valence-corrected chi connectivity index (χ3v) is 3.75. The van der Waals surface area contributed by atoms with Crippen molar-refractivity contribution in [2.24, 2.45) is 0 Å². The Hall–Kier alpha value is -1.50.